The molecule has 1 saturated carbocycles. The van der Waals surface area contributed by atoms with E-state index in [0.29, 0.717) is 18.8 Å². The Bertz CT molecular complexity index is 641. The number of nitrogens with zero attached hydrogens (tertiary/aromatic N) is 2. The zero-order valence-electron chi connectivity index (χ0n) is 15.8. The standard InChI is InChI=1S/C20H29FN4O2/c21-17-8-4-5-9-18(17)25-14-12-24(13-15-25)11-10-22-19(26)20(27)23-16-6-2-1-3-7-16/h4-5,8-9,16H,1-3,6-7,10-15H2,(H,22,26)(H,23,27). The maximum Gasteiger partial charge on any atom is 0.309 e. The van der Waals surface area contributed by atoms with Crippen molar-refractivity contribution in [2.24, 2.45) is 0 Å². The number of carbonyl (C=O) groups excluding carboxylic acids is 2. The van der Waals surface area contributed by atoms with Crippen LogP contribution in [0.1, 0.15) is 32.1 Å². The number of hydrogen-bond donors (Lipinski definition) is 2. The van der Waals surface area contributed by atoms with Crippen molar-refractivity contribution < 1.29 is 14.0 Å². The van der Waals surface area contributed by atoms with Gasteiger partial charge in [-0.15, -0.1) is 0 Å². The molecule has 2 amide bonds. The van der Waals surface area contributed by atoms with Crippen LogP contribution in [-0.4, -0.2) is 62.0 Å². The molecule has 6 nitrogen and oxygen atoms in total. The molecule has 7 heteroatoms. The Labute approximate surface area is 160 Å². The van der Waals surface area contributed by atoms with Crippen molar-refractivity contribution in [1.82, 2.24) is 15.5 Å². The Morgan fingerprint density at radius 1 is 1.00 bits per heavy atom. The van der Waals surface area contributed by atoms with Crippen molar-refractivity contribution in [3.63, 3.8) is 0 Å². The molecule has 1 aliphatic heterocycles. The number of carbonyl (C=O) groups is 2. The molecule has 2 fully saturated rings. The average Bonchev–Trinajstić information content (AvgIpc) is 2.70. The molecule has 3 rings (SSSR count). The van der Waals surface area contributed by atoms with Crippen LogP contribution in [0.5, 0.6) is 0 Å². The lowest BCUT2D eigenvalue weighted by molar-refractivity contribution is -0.139. The first-order valence-corrected chi connectivity index (χ1v) is 9.94. The normalized spacial score (nSPS) is 18.9. The van der Waals surface area contributed by atoms with E-state index in [9.17, 15) is 14.0 Å². The van der Waals surface area contributed by atoms with E-state index in [1.807, 2.05) is 11.0 Å². The van der Waals surface area contributed by atoms with Gasteiger partial charge >= 0.3 is 11.8 Å². The molecule has 1 aromatic carbocycles. The number of rotatable bonds is 5. The predicted molar refractivity (Wildman–Crippen MR) is 103 cm³/mol. The smallest absolute Gasteiger partial charge is 0.309 e. The van der Waals surface area contributed by atoms with Crippen molar-refractivity contribution in [2.75, 3.05) is 44.2 Å². The number of hydrogen-bond acceptors (Lipinski definition) is 4. The third kappa shape index (κ3) is 5.66. The van der Waals surface area contributed by atoms with Gasteiger partial charge in [0.15, 0.2) is 0 Å². The number of nitrogens with one attached hydrogen (secondary N) is 2. The van der Waals surface area contributed by atoms with E-state index in [-0.39, 0.29) is 11.9 Å². The first-order chi connectivity index (χ1) is 13.1. The highest BCUT2D eigenvalue weighted by Gasteiger charge is 2.21. The fourth-order valence-corrected chi connectivity index (χ4v) is 3.83. The van der Waals surface area contributed by atoms with E-state index in [4.69, 9.17) is 0 Å². The Hall–Kier alpha value is -2.15. The summed E-state index contributed by atoms with van der Waals surface area (Å²) in [7, 11) is 0. The lowest BCUT2D eigenvalue weighted by Gasteiger charge is -2.36. The lowest BCUT2D eigenvalue weighted by Crippen LogP contribution is -2.50. The molecule has 27 heavy (non-hydrogen) atoms. The van der Waals surface area contributed by atoms with Gasteiger partial charge in [0, 0.05) is 45.3 Å². The molecule has 0 radical (unpaired) electrons. The first kappa shape index (κ1) is 19.6. The van der Waals surface area contributed by atoms with Crippen molar-refractivity contribution in [1.29, 1.82) is 0 Å². The second-order valence-corrected chi connectivity index (χ2v) is 7.34. The van der Waals surface area contributed by atoms with Gasteiger partial charge in [-0.25, -0.2) is 4.39 Å². The lowest BCUT2D eigenvalue weighted by atomic mass is 9.95. The molecule has 0 bridgehead atoms. The predicted octanol–water partition coefficient (Wildman–Crippen LogP) is 1.51. The Morgan fingerprint density at radius 2 is 1.70 bits per heavy atom. The number of anilines is 1. The summed E-state index contributed by atoms with van der Waals surface area (Å²) in [5, 5.41) is 5.53. The van der Waals surface area contributed by atoms with Gasteiger partial charge in [-0.05, 0) is 25.0 Å². The summed E-state index contributed by atoms with van der Waals surface area (Å²) in [6, 6.07) is 6.97. The van der Waals surface area contributed by atoms with Gasteiger partial charge in [-0.2, -0.15) is 0 Å². The summed E-state index contributed by atoms with van der Waals surface area (Å²) >= 11 is 0. The summed E-state index contributed by atoms with van der Waals surface area (Å²) in [5.41, 5.74) is 0.643. The molecule has 148 valence electrons. The first-order valence-electron chi connectivity index (χ1n) is 9.94. The Kier molecular flexibility index (Phi) is 7.04. The maximum atomic E-state index is 13.9. The van der Waals surface area contributed by atoms with Crippen LogP contribution in [0.2, 0.25) is 0 Å². The van der Waals surface area contributed by atoms with Crippen LogP contribution in [0.3, 0.4) is 0 Å². The van der Waals surface area contributed by atoms with Crippen LogP contribution >= 0.6 is 0 Å². The third-order valence-electron chi connectivity index (χ3n) is 5.43. The zero-order valence-corrected chi connectivity index (χ0v) is 15.8. The van der Waals surface area contributed by atoms with Gasteiger partial charge < -0.3 is 15.5 Å². The highest BCUT2D eigenvalue weighted by atomic mass is 19.1. The van der Waals surface area contributed by atoms with Crippen LogP contribution in [0, 0.1) is 5.82 Å². The summed E-state index contributed by atoms with van der Waals surface area (Å²) in [6.07, 6.45) is 5.37. The summed E-state index contributed by atoms with van der Waals surface area (Å²) in [6.45, 7) is 4.23. The molecule has 1 aliphatic carbocycles. The molecule has 1 saturated heterocycles. The number of benzene rings is 1. The van der Waals surface area contributed by atoms with E-state index >= 15 is 0 Å². The van der Waals surface area contributed by atoms with E-state index in [1.165, 1.54) is 12.5 Å². The maximum absolute atomic E-state index is 13.9. The van der Waals surface area contributed by atoms with Crippen molar-refractivity contribution in [3.05, 3.63) is 30.1 Å². The zero-order chi connectivity index (χ0) is 19.1. The van der Waals surface area contributed by atoms with E-state index in [1.54, 1.807) is 12.1 Å². The molecule has 1 heterocycles. The molecular formula is C20H29FN4O2. The Morgan fingerprint density at radius 3 is 2.41 bits per heavy atom. The number of piperazine rings is 1. The molecular weight excluding hydrogens is 347 g/mol. The van der Waals surface area contributed by atoms with Gasteiger partial charge in [-0.3, -0.25) is 14.5 Å². The molecule has 0 atom stereocenters. The molecule has 0 unspecified atom stereocenters. The minimum Gasteiger partial charge on any atom is -0.367 e. The summed E-state index contributed by atoms with van der Waals surface area (Å²) in [4.78, 5) is 28.2. The molecule has 2 aliphatic rings. The van der Waals surface area contributed by atoms with Gasteiger partial charge in [0.2, 0.25) is 0 Å². The van der Waals surface area contributed by atoms with Gasteiger partial charge in [0.25, 0.3) is 0 Å². The second-order valence-electron chi connectivity index (χ2n) is 7.34. The van der Waals surface area contributed by atoms with E-state index < -0.39 is 11.8 Å². The fraction of sp³-hybridized carbons (Fsp3) is 0.600. The van der Waals surface area contributed by atoms with E-state index in [0.717, 1.165) is 51.9 Å². The van der Waals surface area contributed by atoms with Crippen LogP contribution < -0.4 is 15.5 Å². The highest BCUT2D eigenvalue weighted by molar-refractivity contribution is 6.35. The van der Waals surface area contributed by atoms with Gasteiger partial charge in [0.1, 0.15) is 5.82 Å². The molecule has 0 aromatic heterocycles. The fourth-order valence-electron chi connectivity index (χ4n) is 3.83. The SMILES string of the molecule is O=C(NCCN1CCN(c2ccccc2F)CC1)C(=O)NC1CCCCC1. The summed E-state index contributed by atoms with van der Waals surface area (Å²) in [5.74, 6) is -1.26. The van der Waals surface area contributed by atoms with Crippen LogP contribution in [-0.2, 0) is 9.59 Å². The van der Waals surface area contributed by atoms with Gasteiger partial charge in [-0.1, -0.05) is 31.4 Å². The van der Waals surface area contributed by atoms with Gasteiger partial charge in [0.05, 0.1) is 5.69 Å². The highest BCUT2D eigenvalue weighted by Crippen LogP contribution is 2.20. The van der Waals surface area contributed by atoms with Crippen LogP contribution in [0.25, 0.3) is 0 Å². The van der Waals surface area contributed by atoms with Crippen molar-refractivity contribution in [3.8, 4) is 0 Å². The molecule has 2 N–H and O–H groups in total. The monoisotopic (exact) mass is 376 g/mol. The van der Waals surface area contributed by atoms with Crippen LogP contribution in [0.4, 0.5) is 10.1 Å². The van der Waals surface area contributed by atoms with E-state index in [2.05, 4.69) is 15.5 Å². The quantitative estimate of drug-likeness (QED) is 0.765. The summed E-state index contributed by atoms with van der Waals surface area (Å²) < 4.78 is 13.9. The number of para-hydroxylation sites is 1. The topological polar surface area (TPSA) is 64.7 Å². The third-order valence-corrected chi connectivity index (χ3v) is 5.43. The molecule has 1 aromatic rings. The average molecular weight is 376 g/mol. The minimum atomic E-state index is -0.550. The minimum absolute atomic E-state index is 0.142. The van der Waals surface area contributed by atoms with Crippen molar-refractivity contribution in [2.45, 2.75) is 38.1 Å². The Balaban J connectivity index is 1.33. The second kappa shape index (κ2) is 9.69. The van der Waals surface area contributed by atoms with Crippen molar-refractivity contribution >= 4 is 17.5 Å². The molecule has 0 spiro atoms. The number of amides is 2. The van der Waals surface area contributed by atoms with Crippen LogP contribution in [0.15, 0.2) is 24.3 Å². The largest absolute Gasteiger partial charge is 0.367 e. The number of halogens is 1.